The van der Waals surface area contributed by atoms with Crippen LogP contribution in [0.15, 0.2) is 22.1 Å². The maximum atomic E-state index is 12.8. The van der Waals surface area contributed by atoms with Crippen molar-refractivity contribution in [3.63, 3.8) is 0 Å². The van der Waals surface area contributed by atoms with Gasteiger partial charge in [-0.25, -0.2) is 14.8 Å². The van der Waals surface area contributed by atoms with E-state index >= 15 is 0 Å². The summed E-state index contributed by atoms with van der Waals surface area (Å²) in [6, 6.07) is 0. The van der Waals surface area contributed by atoms with Crippen LogP contribution < -0.4 is 16.1 Å². The van der Waals surface area contributed by atoms with E-state index in [1.807, 2.05) is 13.8 Å². The van der Waals surface area contributed by atoms with Gasteiger partial charge >= 0.3 is 5.69 Å². The fourth-order valence-electron chi connectivity index (χ4n) is 4.07. The van der Waals surface area contributed by atoms with Gasteiger partial charge in [-0.15, -0.1) is 0 Å². The van der Waals surface area contributed by atoms with Gasteiger partial charge in [-0.3, -0.25) is 14.2 Å². The van der Waals surface area contributed by atoms with Gasteiger partial charge in [0.2, 0.25) is 0 Å². The molecule has 2 fully saturated rings. The molecular formula is C18H22N6O3. The molecule has 142 valence electrons. The average Bonchev–Trinajstić information content (AvgIpc) is 3.21. The predicted molar refractivity (Wildman–Crippen MR) is 98.9 cm³/mol. The number of aromatic amines is 1. The van der Waals surface area contributed by atoms with Crippen molar-refractivity contribution in [1.82, 2.24) is 24.4 Å². The summed E-state index contributed by atoms with van der Waals surface area (Å²) in [6.45, 7) is 6.87. The van der Waals surface area contributed by atoms with E-state index in [1.165, 1.54) is 13.2 Å². The van der Waals surface area contributed by atoms with Gasteiger partial charge in [0.05, 0.1) is 0 Å². The zero-order chi connectivity index (χ0) is 19.3. The van der Waals surface area contributed by atoms with Crippen molar-refractivity contribution in [2.75, 3.05) is 31.1 Å². The van der Waals surface area contributed by atoms with E-state index < -0.39 is 11.2 Å². The Kier molecular flexibility index (Phi) is 4.09. The number of amides is 1. The van der Waals surface area contributed by atoms with Crippen LogP contribution in [0.1, 0.15) is 21.6 Å². The van der Waals surface area contributed by atoms with Gasteiger partial charge in [-0.05, 0) is 13.8 Å². The van der Waals surface area contributed by atoms with Gasteiger partial charge in [0.15, 0.2) is 0 Å². The standard InChI is InChI=1S/C18H22N6O3/c1-10-11(2)20-9-21-15(10)23-5-12-7-24(8-13(12)6-23)17(26)14-4-19-18(27)22(3)16(14)25/h4,9,12-13H,5-8H2,1-3H3,(H,19,27). The zero-order valence-corrected chi connectivity index (χ0v) is 15.6. The molecule has 2 aliphatic rings. The molecule has 0 aromatic carbocycles. The molecule has 2 aromatic rings. The fraction of sp³-hybridized carbons (Fsp3) is 0.500. The van der Waals surface area contributed by atoms with Gasteiger partial charge in [-0.1, -0.05) is 0 Å². The molecule has 2 unspecified atom stereocenters. The lowest BCUT2D eigenvalue weighted by molar-refractivity contribution is 0.0779. The third-order valence-corrected chi connectivity index (χ3v) is 5.79. The number of rotatable bonds is 2. The molecule has 0 saturated carbocycles. The van der Waals surface area contributed by atoms with Crippen LogP contribution in [0.3, 0.4) is 0 Å². The largest absolute Gasteiger partial charge is 0.356 e. The number of likely N-dealkylation sites (tertiary alicyclic amines) is 1. The van der Waals surface area contributed by atoms with Crippen molar-refractivity contribution in [2.24, 2.45) is 18.9 Å². The van der Waals surface area contributed by atoms with Gasteiger partial charge in [-0.2, -0.15) is 0 Å². The van der Waals surface area contributed by atoms with Gasteiger partial charge in [0, 0.05) is 62.5 Å². The molecule has 2 saturated heterocycles. The molecule has 0 bridgehead atoms. The number of carbonyl (C=O) groups excluding carboxylic acids is 1. The number of hydrogen-bond donors (Lipinski definition) is 1. The molecule has 27 heavy (non-hydrogen) atoms. The highest BCUT2D eigenvalue weighted by molar-refractivity contribution is 5.93. The molecule has 0 radical (unpaired) electrons. The minimum absolute atomic E-state index is 0.0104. The van der Waals surface area contributed by atoms with E-state index in [4.69, 9.17) is 0 Å². The molecule has 0 aliphatic carbocycles. The van der Waals surface area contributed by atoms with E-state index in [1.54, 1.807) is 11.2 Å². The Balaban J connectivity index is 1.50. The number of H-pyrrole nitrogens is 1. The summed E-state index contributed by atoms with van der Waals surface area (Å²) in [5.41, 5.74) is 0.983. The minimum atomic E-state index is -0.561. The Hall–Kier alpha value is -2.97. The van der Waals surface area contributed by atoms with Gasteiger partial charge < -0.3 is 14.8 Å². The summed E-state index contributed by atoms with van der Waals surface area (Å²) < 4.78 is 0.923. The third-order valence-electron chi connectivity index (χ3n) is 5.79. The lowest BCUT2D eigenvalue weighted by atomic mass is 10.0. The molecule has 9 heteroatoms. The second-order valence-corrected chi connectivity index (χ2v) is 7.41. The molecule has 9 nitrogen and oxygen atoms in total. The van der Waals surface area contributed by atoms with E-state index in [9.17, 15) is 14.4 Å². The number of aromatic nitrogens is 4. The van der Waals surface area contributed by atoms with Crippen LogP contribution in [-0.2, 0) is 7.05 Å². The summed E-state index contributed by atoms with van der Waals surface area (Å²) in [5.74, 6) is 1.33. The Morgan fingerprint density at radius 1 is 1.11 bits per heavy atom. The topological polar surface area (TPSA) is 104 Å². The quantitative estimate of drug-likeness (QED) is 0.778. The lowest BCUT2D eigenvalue weighted by Crippen LogP contribution is -2.41. The smallest absolute Gasteiger partial charge is 0.328 e. The fourth-order valence-corrected chi connectivity index (χ4v) is 4.07. The van der Waals surface area contributed by atoms with Crippen molar-refractivity contribution < 1.29 is 4.79 Å². The van der Waals surface area contributed by atoms with Crippen molar-refractivity contribution in [3.05, 3.63) is 50.2 Å². The second-order valence-electron chi connectivity index (χ2n) is 7.41. The van der Waals surface area contributed by atoms with Crippen LogP contribution >= 0.6 is 0 Å². The first kappa shape index (κ1) is 17.4. The van der Waals surface area contributed by atoms with E-state index in [2.05, 4.69) is 19.9 Å². The number of carbonyl (C=O) groups is 1. The van der Waals surface area contributed by atoms with Crippen molar-refractivity contribution in [3.8, 4) is 0 Å². The van der Waals surface area contributed by atoms with Crippen LogP contribution in [0.4, 0.5) is 5.82 Å². The summed E-state index contributed by atoms with van der Waals surface area (Å²) in [6.07, 6.45) is 2.81. The Labute approximate surface area is 155 Å². The lowest BCUT2D eigenvalue weighted by Gasteiger charge is -2.23. The molecule has 1 amide bonds. The molecule has 0 spiro atoms. The molecule has 4 rings (SSSR count). The van der Waals surface area contributed by atoms with Crippen LogP contribution in [0.5, 0.6) is 0 Å². The number of anilines is 1. The second kappa shape index (κ2) is 6.33. The monoisotopic (exact) mass is 370 g/mol. The zero-order valence-electron chi connectivity index (χ0n) is 15.6. The highest BCUT2D eigenvalue weighted by Crippen LogP contribution is 2.34. The van der Waals surface area contributed by atoms with E-state index in [0.29, 0.717) is 24.9 Å². The Bertz CT molecular complexity index is 1010. The van der Waals surface area contributed by atoms with Crippen molar-refractivity contribution >= 4 is 11.7 Å². The van der Waals surface area contributed by atoms with Crippen LogP contribution in [0, 0.1) is 25.7 Å². The number of nitrogens with one attached hydrogen (secondary N) is 1. The number of hydrogen-bond acceptors (Lipinski definition) is 6. The minimum Gasteiger partial charge on any atom is -0.356 e. The van der Waals surface area contributed by atoms with Gasteiger partial charge in [0.25, 0.3) is 11.5 Å². The molecule has 2 aromatic heterocycles. The van der Waals surface area contributed by atoms with E-state index in [-0.39, 0.29) is 11.5 Å². The van der Waals surface area contributed by atoms with Crippen LogP contribution in [-0.4, -0.2) is 56.5 Å². The van der Waals surface area contributed by atoms with Crippen molar-refractivity contribution in [2.45, 2.75) is 13.8 Å². The molecule has 1 N–H and O–H groups in total. The first-order chi connectivity index (χ1) is 12.9. The SMILES string of the molecule is Cc1ncnc(N2CC3CN(C(=O)c4c[nH]c(=O)n(C)c4=O)CC3C2)c1C. The molecule has 4 heterocycles. The summed E-state index contributed by atoms with van der Waals surface area (Å²) >= 11 is 0. The van der Waals surface area contributed by atoms with E-state index in [0.717, 1.165) is 34.7 Å². The van der Waals surface area contributed by atoms with Crippen molar-refractivity contribution in [1.29, 1.82) is 0 Å². The highest BCUT2D eigenvalue weighted by atomic mass is 16.2. The number of fused-ring (bicyclic) bond motifs is 1. The number of aryl methyl sites for hydroxylation is 1. The summed E-state index contributed by atoms with van der Waals surface area (Å²) in [4.78, 5) is 51.6. The van der Waals surface area contributed by atoms with Crippen LogP contribution in [0.2, 0.25) is 0 Å². The summed E-state index contributed by atoms with van der Waals surface area (Å²) in [5, 5.41) is 0. The third kappa shape index (κ3) is 2.83. The Morgan fingerprint density at radius 3 is 2.44 bits per heavy atom. The molecule has 2 aliphatic heterocycles. The number of nitrogens with zero attached hydrogens (tertiary/aromatic N) is 5. The maximum absolute atomic E-state index is 12.8. The first-order valence-electron chi connectivity index (χ1n) is 8.98. The first-order valence-corrected chi connectivity index (χ1v) is 8.98. The van der Waals surface area contributed by atoms with Crippen LogP contribution in [0.25, 0.3) is 0 Å². The van der Waals surface area contributed by atoms with Gasteiger partial charge in [0.1, 0.15) is 17.7 Å². The Morgan fingerprint density at radius 2 is 1.78 bits per heavy atom. The predicted octanol–water partition coefficient (Wildman–Crippen LogP) is -0.311. The summed E-state index contributed by atoms with van der Waals surface area (Å²) in [7, 11) is 1.36. The highest BCUT2D eigenvalue weighted by Gasteiger charge is 2.42. The molecule has 2 atom stereocenters. The molecular weight excluding hydrogens is 348 g/mol. The normalized spacial score (nSPS) is 21.6. The average molecular weight is 370 g/mol. The maximum Gasteiger partial charge on any atom is 0.328 e.